The van der Waals surface area contributed by atoms with Crippen LogP contribution in [0.2, 0.25) is 0 Å². The maximum absolute atomic E-state index is 5.37. The number of morpholine rings is 1. The number of nitrogens with one attached hydrogen (secondary N) is 1. The molecule has 0 saturated carbocycles. The lowest BCUT2D eigenvalue weighted by molar-refractivity contribution is 0.00298. The van der Waals surface area contributed by atoms with Crippen molar-refractivity contribution in [3.8, 4) is 0 Å². The summed E-state index contributed by atoms with van der Waals surface area (Å²) in [6.07, 6.45) is 1.12. The van der Waals surface area contributed by atoms with E-state index in [1.165, 1.54) is 5.56 Å². The quantitative estimate of drug-likeness (QED) is 0.882. The Morgan fingerprint density at radius 2 is 1.84 bits per heavy atom. The molecule has 0 aliphatic carbocycles. The van der Waals surface area contributed by atoms with Crippen molar-refractivity contribution in [2.24, 2.45) is 0 Å². The van der Waals surface area contributed by atoms with Gasteiger partial charge in [0.1, 0.15) is 0 Å². The summed E-state index contributed by atoms with van der Waals surface area (Å²) in [7, 11) is 0. The maximum atomic E-state index is 5.37. The number of nitrogens with zero attached hydrogens (tertiary/aromatic N) is 1. The molecule has 0 bridgehead atoms. The van der Waals surface area contributed by atoms with Crippen LogP contribution in [-0.4, -0.2) is 37.4 Å². The second kappa shape index (κ2) is 6.51. The number of benzene rings is 1. The Hall–Kier alpha value is -0.900. The lowest BCUT2D eigenvalue weighted by atomic mass is 9.79. The van der Waals surface area contributed by atoms with Crippen LogP contribution in [0.1, 0.15) is 32.8 Å². The van der Waals surface area contributed by atoms with Crippen molar-refractivity contribution in [1.82, 2.24) is 10.4 Å². The summed E-state index contributed by atoms with van der Waals surface area (Å²) < 4.78 is 5.37. The van der Waals surface area contributed by atoms with Crippen LogP contribution in [0.4, 0.5) is 0 Å². The summed E-state index contributed by atoms with van der Waals surface area (Å²) >= 11 is 0. The van der Waals surface area contributed by atoms with E-state index < -0.39 is 0 Å². The standard InChI is InChI=1S/C16H26N2O/c1-14(17-18-9-11-19-12-10-18)13-16(2,3)15-7-5-4-6-8-15/h4-8,14,17H,9-13H2,1-3H3. The number of ether oxygens (including phenoxy) is 1. The molecule has 1 fully saturated rings. The van der Waals surface area contributed by atoms with E-state index in [-0.39, 0.29) is 5.41 Å². The predicted molar refractivity (Wildman–Crippen MR) is 79.1 cm³/mol. The van der Waals surface area contributed by atoms with Crippen LogP contribution in [0, 0.1) is 0 Å². The highest BCUT2D eigenvalue weighted by molar-refractivity contribution is 5.23. The molecule has 0 radical (unpaired) electrons. The van der Waals surface area contributed by atoms with E-state index >= 15 is 0 Å². The molecule has 1 aliphatic rings. The fraction of sp³-hybridized carbons (Fsp3) is 0.625. The lowest BCUT2D eigenvalue weighted by Gasteiger charge is -2.34. The monoisotopic (exact) mass is 262 g/mol. The average Bonchev–Trinajstić information content (AvgIpc) is 2.40. The van der Waals surface area contributed by atoms with E-state index in [1.54, 1.807) is 0 Å². The van der Waals surface area contributed by atoms with Crippen LogP contribution in [0.15, 0.2) is 30.3 Å². The van der Waals surface area contributed by atoms with E-state index in [1.807, 2.05) is 0 Å². The van der Waals surface area contributed by atoms with Crippen LogP contribution >= 0.6 is 0 Å². The first-order valence-electron chi connectivity index (χ1n) is 7.22. The number of hydrogen-bond acceptors (Lipinski definition) is 3. The summed E-state index contributed by atoms with van der Waals surface area (Å²) in [6, 6.07) is 11.2. The summed E-state index contributed by atoms with van der Waals surface area (Å²) in [5, 5.41) is 2.29. The Bertz CT molecular complexity index is 372. The minimum absolute atomic E-state index is 0.194. The Balaban J connectivity index is 1.88. The molecule has 1 N–H and O–H groups in total. The van der Waals surface area contributed by atoms with Crippen molar-refractivity contribution in [3.05, 3.63) is 35.9 Å². The van der Waals surface area contributed by atoms with E-state index in [4.69, 9.17) is 4.74 Å². The number of hydrazine groups is 1. The molecule has 1 unspecified atom stereocenters. The van der Waals surface area contributed by atoms with Gasteiger partial charge in [-0.25, -0.2) is 5.01 Å². The van der Waals surface area contributed by atoms with E-state index in [9.17, 15) is 0 Å². The van der Waals surface area contributed by atoms with Crippen LogP contribution < -0.4 is 5.43 Å². The molecule has 2 rings (SSSR count). The van der Waals surface area contributed by atoms with E-state index in [0.29, 0.717) is 6.04 Å². The van der Waals surface area contributed by atoms with Gasteiger partial charge < -0.3 is 4.74 Å². The smallest absolute Gasteiger partial charge is 0.0608 e. The minimum Gasteiger partial charge on any atom is -0.379 e. The first-order chi connectivity index (χ1) is 9.08. The predicted octanol–water partition coefficient (Wildman–Crippen LogP) is 2.58. The van der Waals surface area contributed by atoms with Crippen LogP contribution in [-0.2, 0) is 10.2 Å². The van der Waals surface area contributed by atoms with Gasteiger partial charge in [0.15, 0.2) is 0 Å². The molecule has 1 aromatic rings. The molecule has 1 atom stereocenters. The summed E-state index contributed by atoms with van der Waals surface area (Å²) in [4.78, 5) is 0. The lowest BCUT2D eigenvalue weighted by Crippen LogP contribution is -2.50. The summed E-state index contributed by atoms with van der Waals surface area (Å²) in [5.74, 6) is 0. The van der Waals surface area contributed by atoms with Gasteiger partial charge in [-0.15, -0.1) is 0 Å². The molecule has 1 saturated heterocycles. The van der Waals surface area contributed by atoms with Crippen LogP contribution in [0.3, 0.4) is 0 Å². The van der Waals surface area contributed by atoms with Gasteiger partial charge in [0.25, 0.3) is 0 Å². The Morgan fingerprint density at radius 1 is 1.21 bits per heavy atom. The van der Waals surface area contributed by atoms with Crippen LogP contribution in [0.25, 0.3) is 0 Å². The molecule has 19 heavy (non-hydrogen) atoms. The average molecular weight is 262 g/mol. The molecular formula is C16H26N2O. The summed E-state index contributed by atoms with van der Waals surface area (Å²) in [5.41, 5.74) is 5.20. The van der Waals surface area contributed by atoms with Crippen molar-refractivity contribution in [1.29, 1.82) is 0 Å². The fourth-order valence-corrected chi connectivity index (χ4v) is 2.82. The first kappa shape index (κ1) is 14.5. The minimum atomic E-state index is 0.194. The molecule has 3 heteroatoms. The highest BCUT2D eigenvalue weighted by Gasteiger charge is 2.24. The topological polar surface area (TPSA) is 24.5 Å². The van der Waals surface area contributed by atoms with Gasteiger partial charge in [0.2, 0.25) is 0 Å². The third-order valence-electron chi connectivity index (χ3n) is 3.79. The Kier molecular flexibility index (Phi) is 4.97. The number of hydrogen-bond donors (Lipinski definition) is 1. The molecule has 1 heterocycles. The van der Waals surface area contributed by atoms with Gasteiger partial charge >= 0.3 is 0 Å². The third kappa shape index (κ3) is 4.30. The highest BCUT2D eigenvalue weighted by Crippen LogP contribution is 2.28. The molecule has 0 aromatic heterocycles. The van der Waals surface area contributed by atoms with Gasteiger partial charge in [-0.2, -0.15) is 0 Å². The van der Waals surface area contributed by atoms with E-state index in [0.717, 1.165) is 32.7 Å². The molecular weight excluding hydrogens is 236 g/mol. The molecule has 1 aliphatic heterocycles. The van der Waals surface area contributed by atoms with Gasteiger partial charge in [0, 0.05) is 19.1 Å². The SMILES string of the molecule is CC(CC(C)(C)c1ccccc1)NN1CCOCC1. The highest BCUT2D eigenvalue weighted by atomic mass is 16.5. The third-order valence-corrected chi connectivity index (χ3v) is 3.79. The zero-order valence-electron chi connectivity index (χ0n) is 12.4. The summed E-state index contributed by atoms with van der Waals surface area (Å²) in [6.45, 7) is 10.5. The van der Waals surface area contributed by atoms with Crippen molar-refractivity contribution < 1.29 is 4.74 Å². The maximum Gasteiger partial charge on any atom is 0.0608 e. The normalized spacial score (nSPS) is 19.3. The van der Waals surface area contributed by atoms with Crippen LogP contribution in [0.5, 0.6) is 0 Å². The molecule has 0 amide bonds. The van der Waals surface area contributed by atoms with Crippen molar-refractivity contribution in [2.45, 2.75) is 38.6 Å². The van der Waals surface area contributed by atoms with Gasteiger partial charge in [0.05, 0.1) is 13.2 Å². The van der Waals surface area contributed by atoms with Gasteiger partial charge in [-0.05, 0) is 24.3 Å². The molecule has 3 nitrogen and oxygen atoms in total. The molecule has 106 valence electrons. The van der Waals surface area contributed by atoms with Gasteiger partial charge in [-0.1, -0.05) is 44.2 Å². The van der Waals surface area contributed by atoms with Crippen molar-refractivity contribution in [3.63, 3.8) is 0 Å². The zero-order valence-corrected chi connectivity index (χ0v) is 12.4. The number of rotatable bonds is 5. The van der Waals surface area contributed by atoms with Crippen molar-refractivity contribution >= 4 is 0 Å². The Labute approximate surface area is 116 Å². The second-order valence-corrected chi connectivity index (χ2v) is 6.08. The fourth-order valence-electron chi connectivity index (χ4n) is 2.82. The second-order valence-electron chi connectivity index (χ2n) is 6.08. The van der Waals surface area contributed by atoms with Gasteiger partial charge in [-0.3, -0.25) is 5.43 Å². The van der Waals surface area contributed by atoms with E-state index in [2.05, 4.69) is 61.5 Å². The Morgan fingerprint density at radius 3 is 2.47 bits per heavy atom. The first-order valence-corrected chi connectivity index (χ1v) is 7.22. The zero-order chi connectivity index (χ0) is 13.7. The van der Waals surface area contributed by atoms with Crippen molar-refractivity contribution in [2.75, 3.05) is 26.3 Å². The molecule has 1 aromatic carbocycles. The molecule has 0 spiro atoms. The largest absolute Gasteiger partial charge is 0.379 e.